The summed E-state index contributed by atoms with van der Waals surface area (Å²) in [5.41, 5.74) is 3.51. The van der Waals surface area contributed by atoms with E-state index in [-0.39, 0.29) is 11.4 Å². The highest BCUT2D eigenvalue weighted by atomic mass is 16.5. The van der Waals surface area contributed by atoms with E-state index in [4.69, 9.17) is 4.74 Å². The standard InChI is InChI=1S/C24H32O4/c1-3-28-23(27)6-4-5-16-13-19-15(14-21(16)25)7-8-18-17(19)11-12-24(2)20(18)9-10-22(24)26/h13-14,17-18,20,25H,3-12H2,1-2H3/t17?,18?,20?,24-/m0/s1. The van der Waals surface area contributed by atoms with E-state index in [9.17, 15) is 14.7 Å². The maximum absolute atomic E-state index is 12.5. The Morgan fingerprint density at radius 3 is 2.86 bits per heavy atom. The highest BCUT2D eigenvalue weighted by Gasteiger charge is 2.54. The predicted molar refractivity (Wildman–Crippen MR) is 107 cm³/mol. The molecule has 0 aromatic heterocycles. The van der Waals surface area contributed by atoms with Gasteiger partial charge < -0.3 is 9.84 Å². The zero-order valence-electron chi connectivity index (χ0n) is 17.1. The summed E-state index contributed by atoms with van der Waals surface area (Å²) in [5.74, 6) is 2.29. The second-order valence-electron chi connectivity index (χ2n) is 9.17. The Morgan fingerprint density at radius 1 is 1.25 bits per heavy atom. The molecule has 3 aliphatic carbocycles. The number of rotatable bonds is 5. The Morgan fingerprint density at radius 2 is 2.07 bits per heavy atom. The van der Waals surface area contributed by atoms with Gasteiger partial charge in [0.05, 0.1) is 6.61 Å². The minimum atomic E-state index is -0.169. The van der Waals surface area contributed by atoms with Crippen molar-refractivity contribution < 1.29 is 19.4 Å². The monoisotopic (exact) mass is 384 g/mol. The SMILES string of the molecule is CCOC(=O)CCCc1cc2c(cc1O)CCC1C2CC[C@]2(C)C(=O)CCC12. The van der Waals surface area contributed by atoms with Crippen LogP contribution in [0.15, 0.2) is 12.1 Å². The molecule has 2 saturated carbocycles. The minimum Gasteiger partial charge on any atom is -0.508 e. The predicted octanol–water partition coefficient (Wildman–Crippen LogP) is 4.70. The Labute approximate surface area is 167 Å². The largest absolute Gasteiger partial charge is 0.508 e. The van der Waals surface area contributed by atoms with Gasteiger partial charge in [-0.1, -0.05) is 13.0 Å². The Bertz CT molecular complexity index is 783. The fraction of sp³-hybridized carbons (Fsp3) is 0.667. The normalized spacial score (nSPS) is 31.1. The number of ketones is 1. The zero-order valence-corrected chi connectivity index (χ0v) is 17.1. The van der Waals surface area contributed by atoms with Crippen LogP contribution in [0.2, 0.25) is 0 Å². The summed E-state index contributed by atoms with van der Waals surface area (Å²) < 4.78 is 5.00. The van der Waals surface area contributed by atoms with Gasteiger partial charge in [-0.25, -0.2) is 0 Å². The van der Waals surface area contributed by atoms with E-state index in [1.807, 2.05) is 13.0 Å². The fourth-order valence-corrected chi connectivity index (χ4v) is 6.28. The molecule has 1 N–H and O–H groups in total. The summed E-state index contributed by atoms with van der Waals surface area (Å²) in [4.78, 5) is 24.1. The first-order valence-electron chi connectivity index (χ1n) is 11.0. The van der Waals surface area contributed by atoms with Crippen molar-refractivity contribution in [2.45, 2.75) is 77.6 Å². The number of carbonyl (C=O) groups excluding carboxylic acids is 2. The van der Waals surface area contributed by atoms with Crippen LogP contribution in [0, 0.1) is 17.3 Å². The number of aryl methyl sites for hydroxylation is 2. The van der Waals surface area contributed by atoms with Crippen molar-refractivity contribution in [3.8, 4) is 5.75 Å². The maximum atomic E-state index is 12.5. The highest BCUT2D eigenvalue weighted by Crippen LogP contribution is 2.59. The number of Topliss-reactive ketones (excluding diaryl/α,β-unsaturated/α-hetero) is 1. The van der Waals surface area contributed by atoms with E-state index in [0.717, 1.165) is 44.1 Å². The van der Waals surface area contributed by atoms with Gasteiger partial charge in [-0.2, -0.15) is 0 Å². The van der Waals surface area contributed by atoms with E-state index in [0.29, 0.717) is 55.2 Å². The summed E-state index contributed by atoms with van der Waals surface area (Å²) in [6.07, 6.45) is 7.77. The molecule has 0 saturated heterocycles. The number of esters is 1. The summed E-state index contributed by atoms with van der Waals surface area (Å²) in [6.45, 7) is 4.43. The zero-order chi connectivity index (χ0) is 19.9. The molecule has 28 heavy (non-hydrogen) atoms. The van der Waals surface area contributed by atoms with Crippen LogP contribution in [0.5, 0.6) is 5.75 Å². The van der Waals surface area contributed by atoms with Crippen LogP contribution in [0.25, 0.3) is 0 Å². The lowest BCUT2D eigenvalue weighted by molar-refractivity contribution is -0.143. The first-order chi connectivity index (χ1) is 13.4. The topological polar surface area (TPSA) is 63.6 Å². The van der Waals surface area contributed by atoms with Crippen LogP contribution in [-0.2, 0) is 27.2 Å². The molecule has 1 aromatic rings. The van der Waals surface area contributed by atoms with Crippen LogP contribution in [-0.4, -0.2) is 23.5 Å². The summed E-state index contributed by atoms with van der Waals surface area (Å²) in [7, 11) is 0. The molecular formula is C24H32O4. The average Bonchev–Trinajstić information content (AvgIpc) is 2.97. The summed E-state index contributed by atoms with van der Waals surface area (Å²) in [6, 6.07) is 4.16. The maximum Gasteiger partial charge on any atom is 0.305 e. The molecule has 4 heteroatoms. The van der Waals surface area contributed by atoms with Crippen LogP contribution in [0.1, 0.15) is 81.4 Å². The molecule has 0 bridgehead atoms. The number of fused-ring (bicyclic) bond motifs is 5. The smallest absolute Gasteiger partial charge is 0.305 e. The number of aromatic hydroxyl groups is 1. The first kappa shape index (κ1) is 19.5. The average molecular weight is 385 g/mol. The van der Waals surface area contributed by atoms with Crippen molar-refractivity contribution in [2.75, 3.05) is 6.61 Å². The third-order valence-electron chi connectivity index (χ3n) is 7.77. The molecule has 4 atom stereocenters. The molecule has 4 rings (SSSR count). The lowest BCUT2D eigenvalue weighted by Gasteiger charge is -2.48. The van der Waals surface area contributed by atoms with Gasteiger partial charge in [0.1, 0.15) is 11.5 Å². The molecule has 3 unspecified atom stereocenters. The second-order valence-corrected chi connectivity index (χ2v) is 9.17. The van der Waals surface area contributed by atoms with Gasteiger partial charge in [0.2, 0.25) is 0 Å². The molecular weight excluding hydrogens is 352 g/mol. The molecule has 0 heterocycles. The number of hydrogen-bond donors (Lipinski definition) is 1. The molecule has 0 spiro atoms. The van der Waals surface area contributed by atoms with E-state index in [1.165, 1.54) is 11.1 Å². The number of phenolic OH excluding ortho intramolecular Hbond substituents is 1. The number of hydrogen-bond acceptors (Lipinski definition) is 4. The fourth-order valence-electron chi connectivity index (χ4n) is 6.28. The Kier molecular flexibility index (Phi) is 5.24. The van der Waals surface area contributed by atoms with Crippen LogP contribution >= 0.6 is 0 Å². The molecule has 0 aliphatic heterocycles. The molecule has 2 fully saturated rings. The third kappa shape index (κ3) is 3.25. The highest BCUT2D eigenvalue weighted by molar-refractivity contribution is 5.87. The number of phenols is 1. The molecule has 0 amide bonds. The van der Waals surface area contributed by atoms with Gasteiger partial charge in [-0.3, -0.25) is 9.59 Å². The quantitative estimate of drug-likeness (QED) is 0.747. The number of benzene rings is 1. The van der Waals surface area contributed by atoms with E-state index < -0.39 is 0 Å². The lowest BCUT2D eigenvalue weighted by atomic mass is 9.55. The van der Waals surface area contributed by atoms with Crippen molar-refractivity contribution in [1.82, 2.24) is 0 Å². The molecule has 3 aliphatic rings. The second kappa shape index (κ2) is 7.53. The number of carbonyl (C=O) groups is 2. The van der Waals surface area contributed by atoms with E-state index >= 15 is 0 Å². The molecule has 0 radical (unpaired) electrons. The van der Waals surface area contributed by atoms with Crippen molar-refractivity contribution in [1.29, 1.82) is 0 Å². The van der Waals surface area contributed by atoms with E-state index in [2.05, 4.69) is 13.0 Å². The molecule has 1 aromatic carbocycles. The van der Waals surface area contributed by atoms with Gasteiger partial charge in [0.15, 0.2) is 0 Å². The van der Waals surface area contributed by atoms with Crippen molar-refractivity contribution in [2.24, 2.45) is 17.3 Å². The lowest BCUT2D eigenvalue weighted by Crippen LogP contribution is -2.42. The van der Waals surface area contributed by atoms with Gasteiger partial charge in [-0.15, -0.1) is 0 Å². The van der Waals surface area contributed by atoms with Crippen molar-refractivity contribution in [3.63, 3.8) is 0 Å². The van der Waals surface area contributed by atoms with Crippen LogP contribution in [0.4, 0.5) is 0 Å². The summed E-state index contributed by atoms with van der Waals surface area (Å²) >= 11 is 0. The van der Waals surface area contributed by atoms with E-state index in [1.54, 1.807) is 0 Å². The third-order valence-corrected chi connectivity index (χ3v) is 7.77. The van der Waals surface area contributed by atoms with Gasteiger partial charge in [-0.05, 0) is 92.4 Å². The number of ether oxygens (including phenoxy) is 1. The van der Waals surface area contributed by atoms with Gasteiger partial charge in [0.25, 0.3) is 0 Å². The Hall–Kier alpha value is -1.84. The minimum absolute atomic E-state index is 0.0991. The first-order valence-corrected chi connectivity index (χ1v) is 11.0. The molecule has 4 nitrogen and oxygen atoms in total. The van der Waals surface area contributed by atoms with Crippen LogP contribution < -0.4 is 0 Å². The molecule has 152 valence electrons. The van der Waals surface area contributed by atoms with Crippen molar-refractivity contribution in [3.05, 3.63) is 28.8 Å². The van der Waals surface area contributed by atoms with Gasteiger partial charge >= 0.3 is 5.97 Å². The van der Waals surface area contributed by atoms with Crippen LogP contribution in [0.3, 0.4) is 0 Å². The van der Waals surface area contributed by atoms with Crippen molar-refractivity contribution >= 4 is 11.8 Å². The summed E-state index contributed by atoms with van der Waals surface area (Å²) in [5, 5.41) is 10.5. The Balaban J connectivity index is 1.53. The van der Waals surface area contributed by atoms with Gasteiger partial charge in [0, 0.05) is 18.3 Å².